The van der Waals surface area contributed by atoms with E-state index in [1.54, 1.807) is 18.2 Å². The Morgan fingerprint density at radius 1 is 0.903 bits per heavy atom. The van der Waals surface area contributed by atoms with Crippen LogP contribution in [0.2, 0.25) is 0 Å². The summed E-state index contributed by atoms with van der Waals surface area (Å²) in [6, 6.07) is 7.69. The first kappa shape index (κ1) is 23.1. The monoisotopic (exact) mass is 468 g/mol. The van der Waals surface area contributed by atoms with Crippen LogP contribution in [0.4, 0.5) is 22.7 Å². The molecule has 0 bridgehead atoms. The van der Waals surface area contributed by atoms with E-state index in [1.165, 1.54) is 26.2 Å². The van der Waals surface area contributed by atoms with E-state index in [1.807, 2.05) is 4.90 Å². The zero-order valence-corrected chi connectivity index (χ0v) is 19.1. The lowest BCUT2D eigenvalue weighted by Gasteiger charge is -2.35. The normalized spacial score (nSPS) is 16.1. The minimum atomic E-state index is -3.93. The number of nitrogens with zero attached hydrogens (tertiary/aromatic N) is 2. The van der Waals surface area contributed by atoms with Gasteiger partial charge in [0.05, 0.1) is 11.4 Å². The highest BCUT2D eigenvalue weighted by Crippen LogP contribution is 2.38. The summed E-state index contributed by atoms with van der Waals surface area (Å²) in [5.41, 5.74) is 20.1. The molecule has 1 aliphatic heterocycles. The second-order valence-electron chi connectivity index (χ2n) is 7.84. The smallest absolute Gasteiger partial charge is 0.244 e. The van der Waals surface area contributed by atoms with E-state index in [2.05, 4.69) is 0 Å². The molecular formula is C19H28N6O4S2. The maximum atomic E-state index is 12.4. The molecule has 10 nitrogen and oxygen atoms in total. The highest BCUT2D eigenvalue weighted by molar-refractivity contribution is 7.89. The van der Waals surface area contributed by atoms with E-state index in [4.69, 9.17) is 22.3 Å². The Bertz CT molecular complexity index is 1200. The molecule has 3 rings (SSSR count). The van der Waals surface area contributed by atoms with Crippen LogP contribution in [-0.4, -0.2) is 48.3 Å². The second-order valence-corrected chi connectivity index (χ2v) is 11.5. The number of nitrogens with two attached hydrogens (primary N) is 4. The van der Waals surface area contributed by atoms with Gasteiger partial charge in [0.15, 0.2) is 0 Å². The lowest BCUT2D eigenvalue weighted by atomic mass is 9.88. The number of hydrogen-bond donors (Lipinski definition) is 4. The third kappa shape index (κ3) is 4.56. The fourth-order valence-corrected chi connectivity index (χ4v) is 5.67. The van der Waals surface area contributed by atoms with E-state index in [9.17, 15) is 16.8 Å². The molecule has 0 unspecified atom stereocenters. The lowest BCUT2D eigenvalue weighted by molar-refractivity contribution is 0.503. The molecule has 2 aromatic rings. The van der Waals surface area contributed by atoms with Crippen molar-refractivity contribution in [3.05, 3.63) is 35.9 Å². The van der Waals surface area contributed by atoms with Crippen LogP contribution in [0.3, 0.4) is 0 Å². The minimum absolute atomic E-state index is 0.00652. The molecule has 1 fully saturated rings. The number of nitrogen functional groups attached to an aromatic ring is 3. The van der Waals surface area contributed by atoms with E-state index in [0.29, 0.717) is 43.0 Å². The molecule has 170 valence electrons. The predicted molar refractivity (Wildman–Crippen MR) is 123 cm³/mol. The van der Waals surface area contributed by atoms with Crippen molar-refractivity contribution in [2.45, 2.75) is 28.6 Å². The van der Waals surface area contributed by atoms with Gasteiger partial charge < -0.3 is 22.1 Å². The number of primary sulfonamides is 1. The summed E-state index contributed by atoms with van der Waals surface area (Å²) in [7, 11) is -4.77. The molecule has 1 heterocycles. The summed E-state index contributed by atoms with van der Waals surface area (Å²) in [5, 5.41) is 5.37. The number of benzene rings is 2. The van der Waals surface area contributed by atoms with E-state index < -0.39 is 20.0 Å². The molecular weight excluding hydrogens is 440 g/mol. The maximum absolute atomic E-state index is 12.4. The van der Waals surface area contributed by atoms with Crippen molar-refractivity contribution >= 4 is 42.8 Å². The van der Waals surface area contributed by atoms with Gasteiger partial charge >= 0.3 is 0 Å². The van der Waals surface area contributed by atoms with Crippen molar-refractivity contribution in [3.8, 4) is 0 Å². The third-order valence-corrected chi connectivity index (χ3v) is 8.35. The third-order valence-electron chi connectivity index (χ3n) is 5.54. The van der Waals surface area contributed by atoms with Gasteiger partial charge in [-0.1, -0.05) is 0 Å². The molecule has 0 radical (unpaired) electrons. The highest BCUT2D eigenvalue weighted by atomic mass is 32.2. The van der Waals surface area contributed by atoms with Crippen molar-refractivity contribution in [1.29, 1.82) is 0 Å². The van der Waals surface area contributed by atoms with E-state index in [0.717, 1.165) is 9.87 Å². The first-order valence-corrected chi connectivity index (χ1v) is 12.6. The van der Waals surface area contributed by atoms with Crippen LogP contribution < -0.4 is 27.2 Å². The number of rotatable bonds is 5. The van der Waals surface area contributed by atoms with Crippen LogP contribution in [0.1, 0.15) is 24.3 Å². The van der Waals surface area contributed by atoms with Crippen LogP contribution in [0.15, 0.2) is 40.1 Å². The SMILES string of the molecule is CN(C)S(=O)(=O)c1cc(N)c(C2CCN(c3ccc(N)cc3S(N)(=O)=O)CC2)cc1N. The van der Waals surface area contributed by atoms with Crippen molar-refractivity contribution in [1.82, 2.24) is 4.31 Å². The number of sulfonamides is 2. The average Bonchev–Trinajstić information content (AvgIpc) is 2.68. The van der Waals surface area contributed by atoms with Gasteiger partial charge in [-0.05, 0) is 54.7 Å². The summed E-state index contributed by atoms with van der Waals surface area (Å²) in [4.78, 5) is 1.92. The number of piperidine rings is 1. The fourth-order valence-electron chi connectivity index (χ4n) is 3.85. The van der Waals surface area contributed by atoms with Crippen molar-refractivity contribution in [3.63, 3.8) is 0 Å². The van der Waals surface area contributed by atoms with Gasteiger partial charge in [-0.3, -0.25) is 0 Å². The maximum Gasteiger partial charge on any atom is 0.244 e. The second kappa shape index (κ2) is 8.19. The van der Waals surface area contributed by atoms with Gasteiger partial charge in [-0.2, -0.15) is 0 Å². The van der Waals surface area contributed by atoms with Gasteiger partial charge in [0, 0.05) is 38.6 Å². The minimum Gasteiger partial charge on any atom is -0.399 e. The molecule has 8 N–H and O–H groups in total. The Labute approximate surface area is 182 Å². The van der Waals surface area contributed by atoms with Gasteiger partial charge in [0.25, 0.3) is 0 Å². The van der Waals surface area contributed by atoms with Gasteiger partial charge in [-0.25, -0.2) is 26.3 Å². The molecule has 2 aromatic carbocycles. The Morgan fingerprint density at radius 3 is 2.06 bits per heavy atom. The van der Waals surface area contributed by atoms with Gasteiger partial charge in [-0.15, -0.1) is 0 Å². The molecule has 0 aromatic heterocycles. The molecule has 1 saturated heterocycles. The van der Waals surface area contributed by atoms with Gasteiger partial charge in [0.2, 0.25) is 20.0 Å². The molecule has 31 heavy (non-hydrogen) atoms. The average molecular weight is 469 g/mol. The quantitative estimate of drug-likeness (QED) is 0.463. The number of hydrogen-bond acceptors (Lipinski definition) is 8. The molecule has 12 heteroatoms. The fraction of sp³-hybridized carbons (Fsp3) is 0.368. The summed E-state index contributed by atoms with van der Waals surface area (Å²) in [6.07, 6.45) is 1.36. The molecule has 0 saturated carbocycles. The van der Waals surface area contributed by atoms with Crippen molar-refractivity contribution in [2.75, 3.05) is 49.3 Å². The zero-order valence-electron chi connectivity index (χ0n) is 17.4. The Hall–Kier alpha value is -2.54. The zero-order chi connectivity index (χ0) is 23.1. The number of anilines is 4. The Morgan fingerprint density at radius 2 is 1.52 bits per heavy atom. The van der Waals surface area contributed by atoms with Crippen LogP contribution in [0.5, 0.6) is 0 Å². The summed E-state index contributed by atoms with van der Waals surface area (Å²) < 4.78 is 50.0. The molecule has 1 aliphatic rings. The molecule has 0 atom stereocenters. The summed E-state index contributed by atoms with van der Waals surface area (Å²) >= 11 is 0. The first-order chi connectivity index (χ1) is 14.3. The van der Waals surface area contributed by atoms with Crippen LogP contribution in [-0.2, 0) is 20.0 Å². The largest absolute Gasteiger partial charge is 0.399 e. The first-order valence-electron chi connectivity index (χ1n) is 9.61. The predicted octanol–water partition coefficient (Wildman–Crippen LogP) is 0.715. The topological polar surface area (TPSA) is 179 Å². The van der Waals surface area contributed by atoms with E-state index >= 15 is 0 Å². The summed E-state index contributed by atoms with van der Waals surface area (Å²) in [5.74, 6) is 0.0568. The van der Waals surface area contributed by atoms with Crippen LogP contribution in [0, 0.1) is 0 Å². The Balaban J connectivity index is 1.85. The van der Waals surface area contributed by atoms with Crippen molar-refractivity contribution < 1.29 is 16.8 Å². The molecule has 0 amide bonds. The van der Waals surface area contributed by atoms with Crippen molar-refractivity contribution in [2.24, 2.45) is 5.14 Å². The molecule has 0 spiro atoms. The lowest BCUT2D eigenvalue weighted by Crippen LogP contribution is -2.34. The highest BCUT2D eigenvalue weighted by Gasteiger charge is 2.28. The van der Waals surface area contributed by atoms with E-state index in [-0.39, 0.29) is 21.4 Å². The van der Waals surface area contributed by atoms with Crippen LogP contribution >= 0.6 is 0 Å². The van der Waals surface area contributed by atoms with Gasteiger partial charge in [0.1, 0.15) is 9.79 Å². The van der Waals surface area contributed by atoms with Crippen LogP contribution in [0.25, 0.3) is 0 Å². The standard InChI is InChI=1S/C19H28N6O4S2/c1-24(2)31(28,29)18-11-15(21)14(10-16(18)22)12-5-7-25(8-6-12)17-4-3-13(20)9-19(17)30(23,26)27/h3-4,9-12H,5-8,20-22H2,1-2H3,(H2,23,26,27). The summed E-state index contributed by atoms with van der Waals surface area (Å²) in [6.45, 7) is 1.13. The Kier molecular flexibility index (Phi) is 6.11. The molecule has 0 aliphatic carbocycles.